The molecular formula is C50H83N3O14. The van der Waals surface area contributed by atoms with Gasteiger partial charge in [-0.25, -0.2) is 0 Å². The van der Waals surface area contributed by atoms with Gasteiger partial charge in [0.05, 0.1) is 26.0 Å². The van der Waals surface area contributed by atoms with Crippen LogP contribution in [0, 0.1) is 38.5 Å². The summed E-state index contributed by atoms with van der Waals surface area (Å²) >= 11 is 0. The molecule has 2 saturated heterocycles. The maximum atomic E-state index is 13.1. The van der Waals surface area contributed by atoms with E-state index in [1.165, 1.54) is 44.9 Å². The fraction of sp³-hybridized carbons (Fsp3) is 0.820. The van der Waals surface area contributed by atoms with Crippen LogP contribution in [-0.4, -0.2) is 137 Å². The number of carbonyl (C=O) groups is 1. The first kappa shape index (κ1) is 55.1. The van der Waals surface area contributed by atoms with E-state index in [0.29, 0.717) is 24.4 Å². The molecule has 0 amide bonds. The van der Waals surface area contributed by atoms with Crippen molar-refractivity contribution in [3.63, 3.8) is 0 Å². The molecule has 4 heterocycles. The molecule has 17 heteroatoms. The van der Waals surface area contributed by atoms with E-state index in [1.807, 2.05) is 13.8 Å². The first-order valence-corrected chi connectivity index (χ1v) is 25.0. The molecule has 3 aliphatic rings. The Balaban J connectivity index is 0.999. The number of nitrogens with zero attached hydrogens (tertiary/aromatic N) is 3. The topological polar surface area (TPSA) is 245 Å². The van der Waals surface area contributed by atoms with E-state index in [-0.39, 0.29) is 24.6 Å². The van der Waals surface area contributed by atoms with Gasteiger partial charge in [-0.05, 0) is 101 Å². The van der Waals surface area contributed by atoms with E-state index in [0.717, 1.165) is 84.3 Å². The van der Waals surface area contributed by atoms with Crippen molar-refractivity contribution in [1.82, 2.24) is 15.0 Å². The van der Waals surface area contributed by atoms with E-state index in [1.54, 1.807) is 10.9 Å². The molecule has 0 radical (unpaired) electrons. The summed E-state index contributed by atoms with van der Waals surface area (Å²) in [5, 5.41) is 79.9. The van der Waals surface area contributed by atoms with Gasteiger partial charge >= 0.3 is 5.97 Å². The molecule has 0 saturated carbocycles. The second-order valence-electron chi connectivity index (χ2n) is 20.5. The van der Waals surface area contributed by atoms with Crippen LogP contribution in [0.2, 0.25) is 0 Å². The summed E-state index contributed by atoms with van der Waals surface area (Å²) in [6, 6.07) is 0. The lowest BCUT2D eigenvalue weighted by atomic mass is 9.83. The number of benzene rings is 1. The highest BCUT2D eigenvalue weighted by Gasteiger charge is 2.51. The molecule has 5 rings (SSSR count). The number of fused-ring (bicyclic) bond motifs is 1. The number of aliphatic hydroxyl groups is 7. The molecule has 0 spiro atoms. The average molecular weight is 950 g/mol. The van der Waals surface area contributed by atoms with E-state index < -0.39 is 74.6 Å². The average Bonchev–Trinajstić information content (AvgIpc) is 3.75. The standard InChI is InChI=1S/C50H83N3O14/c1-29(2)15-12-16-30(3)17-13-18-31(4)19-14-22-50(8)23-21-36-34(7)45(32(5)33(6)46(36)67-50)65-39(56)20-10-9-11-24-53-25-35(51-52-53)28-62-48-44(61)42(59)47(38(27-55)64-48)66-49-43(60)41(58)40(57)37(26-54)63-49/h25,29-31,37-38,40-44,47-49,54-55,57-61H,9-24,26-28H2,1-8H3/t30?,31?,37-,38-,40-,41+,42-,43-,44-,47-,48-,49-,50?/m1/s1. The number of carbonyl (C=O) groups excluding carboxylic acids is 1. The van der Waals surface area contributed by atoms with Gasteiger partial charge in [0.15, 0.2) is 12.6 Å². The van der Waals surface area contributed by atoms with E-state index in [4.69, 9.17) is 28.4 Å². The Morgan fingerprint density at radius 2 is 1.42 bits per heavy atom. The van der Waals surface area contributed by atoms with Crippen LogP contribution in [0.4, 0.5) is 0 Å². The number of aryl methyl sites for hydroxylation is 1. The lowest BCUT2D eigenvalue weighted by Gasteiger charge is -2.45. The van der Waals surface area contributed by atoms with E-state index in [2.05, 4.69) is 51.9 Å². The maximum Gasteiger partial charge on any atom is 0.311 e. The number of hydrogen-bond acceptors (Lipinski definition) is 16. The molecule has 382 valence electrons. The van der Waals surface area contributed by atoms with Crippen molar-refractivity contribution >= 4 is 5.97 Å². The second-order valence-corrected chi connectivity index (χ2v) is 20.5. The Morgan fingerprint density at radius 1 is 0.776 bits per heavy atom. The largest absolute Gasteiger partial charge is 0.487 e. The minimum Gasteiger partial charge on any atom is -0.487 e. The van der Waals surface area contributed by atoms with Crippen molar-refractivity contribution in [3.8, 4) is 11.5 Å². The van der Waals surface area contributed by atoms with Gasteiger partial charge in [0.1, 0.15) is 71.6 Å². The summed E-state index contributed by atoms with van der Waals surface area (Å²) in [7, 11) is 0. The Labute approximate surface area is 397 Å². The minimum absolute atomic E-state index is 0.152. The number of unbranched alkanes of at least 4 members (excludes halogenated alkanes) is 2. The summed E-state index contributed by atoms with van der Waals surface area (Å²) in [4.78, 5) is 13.1. The Morgan fingerprint density at radius 3 is 2.09 bits per heavy atom. The minimum atomic E-state index is -1.76. The third-order valence-corrected chi connectivity index (χ3v) is 14.3. The zero-order chi connectivity index (χ0) is 49.0. The van der Waals surface area contributed by atoms with Crippen LogP contribution in [0.3, 0.4) is 0 Å². The molecule has 17 nitrogen and oxygen atoms in total. The quantitative estimate of drug-likeness (QED) is 0.0371. The number of aromatic nitrogens is 3. The molecule has 3 aliphatic heterocycles. The summed E-state index contributed by atoms with van der Waals surface area (Å²) < 4.78 is 36.8. The lowest BCUT2D eigenvalue weighted by Crippen LogP contribution is -2.64. The number of hydrogen-bond donors (Lipinski definition) is 7. The van der Waals surface area contributed by atoms with Gasteiger partial charge in [0, 0.05) is 18.5 Å². The van der Waals surface area contributed by atoms with Crippen LogP contribution >= 0.6 is 0 Å². The van der Waals surface area contributed by atoms with Crippen LogP contribution in [0.25, 0.3) is 0 Å². The zero-order valence-electron chi connectivity index (χ0n) is 41.3. The van der Waals surface area contributed by atoms with Gasteiger partial charge in [-0.15, -0.1) is 5.10 Å². The Kier molecular flexibility index (Phi) is 21.3. The predicted molar refractivity (Wildman–Crippen MR) is 248 cm³/mol. The molecule has 1 aromatic carbocycles. The molecule has 7 N–H and O–H groups in total. The van der Waals surface area contributed by atoms with E-state index in [9.17, 15) is 40.5 Å². The lowest BCUT2D eigenvalue weighted by molar-refractivity contribution is -0.360. The van der Waals surface area contributed by atoms with Crippen molar-refractivity contribution in [1.29, 1.82) is 0 Å². The van der Waals surface area contributed by atoms with Crippen LogP contribution < -0.4 is 9.47 Å². The van der Waals surface area contributed by atoms with Crippen LogP contribution in [0.15, 0.2) is 6.20 Å². The Bertz CT molecular complexity index is 1830. The highest BCUT2D eigenvalue weighted by atomic mass is 16.7. The summed E-state index contributed by atoms with van der Waals surface area (Å²) in [5.41, 5.74) is 4.29. The molecule has 0 bridgehead atoms. The molecular weight excluding hydrogens is 867 g/mol. The molecule has 13 atom stereocenters. The van der Waals surface area contributed by atoms with Crippen LogP contribution in [0.5, 0.6) is 11.5 Å². The third-order valence-electron chi connectivity index (χ3n) is 14.3. The summed E-state index contributed by atoms with van der Waals surface area (Å²) in [6.45, 7) is 16.8. The highest BCUT2D eigenvalue weighted by Crippen LogP contribution is 2.45. The molecule has 0 aliphatic carbocycles. The fourth-order valence-corrected chi connectivity index (χ4v) is 9.67. The number of aliphatic hydroxyl groups excluding tert-OH is 7. The zero-order valence-corrected chi connectivity index (χ0v) is 41.3. The van der Waals surface area contributed by atoms with Crippen molar-refractivity contribution in [3.05, 3.63) is 34.1 Å². The fourth-order valence-electron chi connectivity index (χ4n) is 9.67. The van der Waals surface area contributed by atoms with Crippen LogP contribution in [-0.2, 0) is 43.3 Å². The second kappa shape index (κ2) is 25.9. The van der Waals surface area contributed by atoms with Gasteiger partial charge in [0.2, 0.25) is 0 Å². The third kappa shape index (κ3) is 15.1. The van der Waals surface area contributed by atoms with Gasteiger partial charge in [-0.1, -0.05) is 84.3 Å². The van der Waals surface area contributed by atoms with Crippen LogP contribution in [0.1, 0.15) is 152 Å². The Hall–Kier alpha value is -2.81. The van der Waals surface area contributed by atoms with Gasteiger partial charge in [-0.3, -0.25) is 9.48 Å². The molecule has 2 fully saturated rings. The van der Waals surface area contributed by atoms with Crippen molar-refractivity contribution in [2.24, 2.45) is 17.8 Å². The predicted octanol–water partition coefficient (Wildman–Crippen LogP) is 5.03. The van der Waals surface area contributed by atoms with Crippen molar-refractivity contribution in [2.45, 2.75) is 232 Å². The SMILES string of the molecule is Cc1c(C)c2c(c(C)c1OC(=O)CCCCCn1cc(CO[C@@H]3O[C@H](CO)[C@@H](O[C@H]4O[C@H](CO)[C@@H](O)[C@H](O)[C@H]4O)[C@H](O)[C@H]3O)nn1)CCC(C)(CCCC(C)CCCC(C)CCCC(C)C)O2. The van der Waals surface area contributed by atoms with Gasteiger partial charge in [-0.2, -0.15) is 0 Å². The van der Waals surface area contributed by atoms with Crippen molar-refractivity contribution in [2.75, 3.05) is 13.2 Å². The smallest absolute Gasteiger partial charge is 0.311 e. The summed E-state index contributed by atoms with van der Waals surface area (Å²) in [6.07, 6.45) is 1.83. The van der Waals surface area contributed by atoms with Crippen molar-refractivity contribution < 1.29 is 69.0 Å². The molecule has 2 aromatic rings. The van der Waals surface area contributed by atoms with E-state index >= 15 is 0 Å². The first-order chi connectivity index (χ1) is 31.9. The molecule has 67 heavy (non-hydrogen) atoms. The monoisotopic (exact) mass is 950 g/mol. The molecule has 1 aromatic heterocycles. The summed E-state index contributed by atoms with van der Waals surface area (Å²) in [5.74, 6) is 3.67. The first-order valence-electron chi connectivity index (χ1n) is 25.0. The highest BCUT2D eigenvalue weighted by molar-refractivity contribution is 5.74. The maximum absolute atomic E-state index is 13.1. The number of rotatable bonds is 26. The molecule has 3 unspecified atom stereocenters. The normalized spacial score (nSPS) is 29.7. The number of ether oxygens (including phenoxy) is 6. The van der Waals surface area contributed by atoms with Gasteiger partial charge in [0.25, 0.3) is 0 Å². The van der Waals surface area contributed by atoms with Gasteiger partial charge < -0.3 is 64.2 Å². The number of esters is 1.